The van der Waals surface area contributed by atoms with Gasteiger partial charge in [-0.2, -0.15) is 0 Å². The summed E-state index contributed by atoms with van der Waals surface area (Å²) in [5.41, 5.74) is 2.95. The van der Waals surface area contributed by atoms with Gasteiger partial charge < -0.3 is 4.74 Å². The second-order valence-corrected chi connectivity index (χ2v) is 6.23. The molecule has 0 bridgehead atoms. The van der Waals surface area contributed by atoms with Gasteiger partial charge in [-0.3, -0.25) is 4.79 Å². The van der Waals surface area contributed by atoms with Crippen molar-refractivity contribution >= 4 is 23.5 Å². The molecule has 0 aromatic heterocycles. The number of methoxy groups -OCH3 is 1. The summed E-state index contributed by atoms with van der Waals surface area (Å²) in [6.07, 6.45) is 3.60. The van der Waals surface area contributed by atoms with Crippen LogP contribution in [0.4, 0.5) is 0 Å². The highest BCUT2D eigenvalue weighted by atomic mass is 35.5. The Kier molecular flexibility index (Phi) is 4.82. The number of carbonyl (C=O) groups excluding carboxylic acids is 1. The Morgan fingerprint density at radius 2 is 1.78 bits per heavy atom. The quantitative estimate of drug-likeness (QED) is 0.596. The van der Waals surface area contributed by atoms with Crippen LogP contribution >= 0.6 is 11.6 Å². The highest BCUT2D eigenvalue weighted by molar-refractivity contribution is 6.35. The van der Waals surface area contributed by atoms with Gasteiger partial charge in [0, 0.05) is 5.92 Å². The van der Waals surface area contributed by atoms with Gasteiger partial charge in [-0.05, 0) is 47.8 Å². The SMILES string of the molecule is COc1ccc(C=C2CCC(c3ccccc3)C(Cl)C2=O)cc1. The topological polar surface area (TPSA) is 26.3 Å². The van der Waals surface area contributed by atoms with Gasteiger partial charge in [-0.1, -0.05) is 42.5 Å². The van der Waals surface area contributed by atoms with Gasteiger partial charge in [0.1, 0.15) is 11.1 Å². The summed E-state index contributed by atoms with van der Waals surface area (Å²) in [5.74, 6) is 0.947. The minimum Gasteiger partial charge on any atom is -0.497 e. The third-order valence-corrected chi connectivity index (χ3v) is 4.83. The molecule has 2 atom stereocenters. The van der Waals surface area contributed by atoms with Gasteiger partial charge in [0.25, 0.3) is 0 Å². The van der Waals surface area contributed by atoms with E-state index in [2.05, 4.69) is 0 Å². The molecule has 0 amide bonds. The Balaban J connectivity index is 1.79. The molecule has 1 aliphatic rings. The Morgan fingerprint density at radius 3 is 2.43 bits per heavy atom. The van der Waals surface area contributed by atoms with E-state index in [1.54, 1.807) is 7.11 Å². The van der Waals surface area contributed by atoms with Crippen LogP contribution in [0.3, 0.4) is 0 Å². The first-order chi connectivity index (χ1) is 11.2. The fourth-order valence-corrected chi connectivity index (χ4v) is 3.43. The number of hydrogen-bond acceptors (Lipinski definition) is 2. The molecule has 2 nitrogen and oxygen atoms in total. The third-order valence-electron chi connectivity index (χ3n) is 4.33. The van der Waals surface area contributed by atoms with Crippen LogP contribution in [0.1, 0.15) is 29.9 Å². The number of alkyl halides is 1. The first kappa shape index (κ1) is 15.8. The number of benzene rings is 2. The molecule has 0 aliphatic heterocycles. The minimum atomic E-state index is -0.490. The predicted octanol–water partition coefficient (Wildman–Crippen LogP) is 4.83. The number of allylic oxidation sites excluding steroid dienone is 1. The van der Waals surface area contributed by atoms with Gasteiger partial charge in [-0.25, -0.2) is 0 Å². The van der Waals surface area contributed by atoms with E-state index in [1.807, 2.05) is 60.7 Å². The Bertz CT molecular complexity index is 704. The van der Waals surface area contributed by atoms with Crippen LogP contribution in [0, 0.1) is 0 Å². The van der Waals surface area contributed by atoms with Gasteiger partial charge in [0.15, 0.2) is 5.78 Å². The zero-order valence-electron chi connectivity index (χ0n) is 13.0. The molecule has 0 radical (unpaired) electrons. The molecule has 1 aliphatic carbocycles. The fraction of sp³-hybridized carbons (Fsp3) is 0.250. The van der Waals surface area contributed by atoms with Crippen LogP contribution in [-0.2, 0) is 4.79 Å². The van der Waals surface area contributed by atoms with E-state index in [-0.39, 0.29) is 11.7 Å². The van der Waals surface area contributed by atoms with Crippen molar-refractivity contribution < 1.29 is 9.53 Å². The Morgan fingerprint density at radius 1 is 1.09 bits per heavy atom. The molecular formula is C20H19ClO2. The van der Waals surface area contributed by atoms with Crippen LogP contribution in [0.15, 0.2) is 60.2 Å². The molecule has 3 rings (SSSR count). The molecule has 1 fully saturated rings. The van der Waals surface area contributed by atoms with Gasteiger partial charge in [0.05, 0.1) is 7.11 Å². The average molecular weight is 327 g/mol. The van der Waals surface area contributed by atoms with Crippen molar-refractivity contribution in [2.75, 3.05) is 7.11 Å². The van der Waals surface area contributed by atoms with Crippen molar-refractivity contribution in [3.05, 3.63) is 71.3 Å². The van der Waals surface area contributed by atoms with Crippen LogP contribution in [0.25, 0.3) is 6.08 Å². The first-order valence-electron chi connectivity index (χ1n) is 7.77. The number of ketones is 1. The van der Waals surface area contributed by atoms with Crippen LogP contribution in [0.5, 0.6) is 5.75 Å². The van der Waals surface area contributed by atoms with Crippen LogP contribution in [0.2, 0.25) is 0 Å². The second kappa shape index (κ2) is 7.01. The maximum absolute atomic E-state index is 12.6. The lowest BCUT2D eigenvalue weighted by molar-refractivity contribution is -0.116. The van der Waals surface area contributed by atoms with Crippen LogP contribution in [-0.4, -0.2) is 18.3 Å². The molecular weight excluding hydrogens is 308 g/mol. The molecule has 0 heterocycles. The molecule has 0 N–H and O–H groups in total. The largest absolute Gasteiger partial charge is 0.497 e. The summed E-state index contributed by atoms with van der Waals surface area (Å²) >= 11 is 6.47. The summed E-state index contributed by atoms with van der Waals surface area (Å²) in [6, 6.07) is 17.7. The third kappa shape index (κ3) is 3.48. The molecule has 118 valence electrons. The average Bonchev–Trinajstić information content (AvgIpc) is 2.60. The first-order valence-corrected chi connectivity index (χ1v) is 8.20. The number of carbonyl (C=O) groups is 1. The van der Waals surface area contributed by atoms with E-state index < -0.39 is 5.38 Å². The standard InChI is InChI=1S/C20H19ClO2/c1-23-17-10-7-14(8-11-17)13-16-9-12-18(19(21)20(16)22)15-5-3-2-4-6-15/h2-8,10-11,13,18-19H,9,12H2,1H3. The monoisotopic (exact) mass is 326 g/mol. The van der Waals surface area contributed by atoms with Crippen molar-refractivity contribution in [2.45, 2.75) is 24.1 Å². The highest BCUT2D eigenvalue weighted by Crippen LogP contribution is 2.37. The van der Waals surface area contributed by atoms with E-state index in [9.17, 15) is 4.79 Å². The lowest BCUT2D eigenvalue weighted by atomic mass is 9.80. The van der Waals surface area contributed by atoms with Gasteiger partial charge in [0.2, 0.25) is 0 Å². The number of rotatable bonds is 3. The van der Waals surface area contributed by atoms with Crippen molar-refractivity contribution in [1.82, 2.24) is 0 Å². The van der Waals surface area contributed by atoms with E-state index in [1.165, 1.54) is 0 Å². The van der Waals surface area contributed by atoms with Crippen LogP contribution < -0.4 is 4.74 Å². The minimum absolute atomic E-state index is 0.0441. The smallest absolute Gasteiger partial charge is 0.177 e. The zero-order valence-corrected chi connectivity index (χ0v) is 13.8. The lowest BCUT2D eigenvalue weighted by Crippen LogP contribution is -2.29. The second-order valence-electron chi connectivity index (χ2n) is 5.76. The molecule has 2 aromatic carbocycles. The zero-order chi connectivity index (χ0) is 16.2. The van der Waals surface area contributed by atoms with E-state index in [0.29, 0.717) is 0 Å². The number of ether oxygens (including phenoxy) is 1. The van der Waals surface area contributed by atoms with Crippen molar-refractivity contribution in [2.24, 2.45) is 0 Å². The summed E-state index contributed by atoms with van der Waals surface area (Å²) in [5, 5.41) is -0.490. The molecule has 1 saturated carbocycles. The molecule has 3 heteroatoms. The number of halogens is 1. The number of Topliss-reactive ketones (excluding diaryl/α,β-unsaturated/α-hetero) is 1. The van der Waals surface area contributed by atoms with E-state index >= 15 is 0 Å². The van der Waals surface area contributed by atoms with Gasteiger partial charge >= 0.3 is 0 Å². The molecule has 2 aromatic rings. The van der Waals surface area contributed by atoms with E-state index in [0.717, 1.165) is 35.3 Å². The van der Waals surface area contributed by atoms with E-state index in [4.69, 9.17) is 16.3 Å². The van der Waals surface area contributed by atoms with Crippen molar-refractivity contribution in [3.8, 4) is 5.75 Å². The molecule has 0 saturated heterocycles. The Hall–Kier alpha value is -2.06. The van der Waals surface area contributed by atoms with Crippen molar-refractivity contribution in [3.63, 3.8) is 0 Å². The summed E-state index contributed by atoms with van der Waals surface area (Å²) in [6.45, 7) is 0. The molecule has 0 spiro atoms. The normalized spacial score (nSPS) is 23.0. The lowest BCUT2D eigenvalue weighted by Gasteiger charge is -2.28. The molecule has 2 unspecified atom stereocenters. The summed E-state index contributed by atoms with van der Waals surface area (Å²) < 4.78 is 5.15. The number of hydrogen-bond donors (Lipinski definition) is 0. The predicted molar refractivity (Wildman–Crippen MR) is 94.0 cm³/mol. The summed E-state index contributed by atoms with van der Waals surface area (Å²) in [7, 11) is 1.64. The van der Waals surface area contributed by atoms with Gasteiger partial charge in [-0.15, -0.1) is 11.6 Å². The van der Waals surface area contributed by atoms with Crippen molar-refractivity contribution in [1.29, 1.82) is 0 Å². The Labute approximate surface area is 141 Å². The fourth-order valence-electron chi connectivity index (χ4n) is 3.02. The summed E-state index contributed by atoms with van der Waals surface area (Å²) in [4.78, 5) is 12.6. The highest BCUT2D eigenvalue weighted by Gasteiger charge is 2.34. The maximum Gasteiger partial charge on any atom is 0.177 e. The molecule has 23 heavy (non-hydrogen) atoms. The maximum atomic E-state index is 12.6.